The molecule has 0 aliphatic heterocycles. The second-order valence-electron chi connectivity index (χ2n) is 4.92. The minimum atomic E-state index is -0.726. The van der Waals surface area contributed by atoms with E-state index >= 15 is 0 Å². The Morgan fingerprint density at radius 3 is 2.52 bits per heavy atom. The normalized spacial score (nSPS) is 10.4. The number of rotatable bonds is 5. The zero-order valence-corrected chi connectivity index (χ0v) is 14.1. The van der Waals surface area contributed by atoms with Crippen LogP contribution in [0.4, 0.5) is 5.69 Å². The Labute approximate surface area is 141 Å². The summed E-state index contributed by atoms with van der Waals surface area (Å²) >= 11 is 3.28. The topological polar surface area (TPSA) is 78.7 Å². The third kappa shape index (κ3) is 4.29. The number of halogens is 1. The van der Waals surface area contributed by atoms with Gasteiger partial charge in [-0.2, -0.15) is 0 Å². The molecule has 120 valence electrons. The molecule has 0 N–H and O–H groups in total. The van der Waals surface area contributed by atoms with Gasteiger partial charge < -0.3 is 9.47 Å². The standard InChI is InChI=1S/C16H14BrNO5/c1-10(2)22-14-8-7-11(17)9-12(14)16(19)23-15-6-4-3-5-13(15)18(20)21/h3-10H,1-2H3. The summed E-state index contributed by atoms with van der Waals surface area (Å²) in [6.07, 6.45) is -0.131. The lowest BCUT2D eigenvalue weighted by Gasteiger charge is -2.14. The van der Waals surface area contributed by atoms with Gasteiger partial charge in [-0.15, -0.1) is 0 Å². The highest BCUT2D eigenvalue weighted by atomic mass is 79.9. The summed E-state index contributed by atoms with van der Waals surface area (Å²) in [5.41, 5.74) is -0.0894. The van der Waals surface area contributed by atoms with Crippen LogP contribution >= 0.6 is 15.9 Å². The molecule has 6 nitrogen and oxygen atoms in total. The molecule has 2 aromatic carbocycles. The van der Waals surface area contributed by atoms with E-state index in [0.717, 1.165) is 0 Å². The maximum atomic E-state index is 12.4. The van der Waals surface area contributed by atoms with Gasteiger partial charge in [0.15, 0.2) is 0 Å². The van der Waals surface area contributed by atoms with Crippen molar-refractivity contribution in [1.82, 2.24) is 0 Å². The van der Waals surface area contributed by atoms with Crippen molar-refractivity contribution in [3.05, 3.63) is 62.6 Å². The quantitative estimate of drug-likeness (QED) is 0.333. The van der Waals surface area contributed by atoms with Gasteiger partial charge in [0.1, 0.15) is 11.3 Å². The molecule has 0 saturated heterocycles. The second-order valence-corrected chi connectivity index (χ2v) is 5.84. The van der Waals surface area contributed by atoms with Crippen molar-refractivity contribution < 1.29 is 19.2 Å². The molecule has 0 unspecified atom stereocenters. The van der Waals surface area contributed by atoms with Crippen LogP contribution in [0.25, 0.3) is 0 Å². The average molecular weight is 380 g/mol. The van der Waals surface area contributed by atoms with Crippen LogP contribution in [0, 0.1) is 10.1 Å². The molecule has 0 atom stereocenters. The highest BCUT2D eigenvalue weighted by molar-refractivity contribution is 9.10. The molecular weight excluding hydrogens is 366 g/mol. The Morgan fingerprint density at radius 2 is 1.87 bits per heavy atom. The molecule has 23 heavy (non-hydrogen) atoms. The SMILES string of the molecule is CC(C)Oc1ccc(Br)cc1C(=O)Oc1ccccc1[N+](=O)[O-]. The first-order valence-corrected chi connectivity index (χ1v) is 7.59. The second kappa shape index (κ2) is 7.23. The van der Waals surface area contributed by atoms with Gasteiger partial charge >= 0.3 is 11.7 Å². The number of benzene rings is 2. The monoisotopic (exact) mass is 379 g/mol. The zero-order chi connectivity index (χ0) is 17.0. The van der Waals surface area contributed by atoms with Crippen molar-refractivity contribution in [2.45, 2.75) is 20.0 Å². The summed E-state index contributed by atoms with van der Waals surface area (Å²) in [5.74, 6) is -0.485. The van der Waals surface area contributed by atoms with E-state index < -0.39 is 10.9 Å². The first-order valence-electron chi connectivity index (χ1n) is 6.80. The number of esters is 1. The molecule has 0 aliphatic carbocycles. The van der Waals surface area contributed by atoms with E-state index in [4.69, 9.17) is 9.47 Å². The molecular formula is C16H14BrNO5. The van der Waals surface area contributed by atoms with E-state index in [1.807, 2.05) is 13.8 Å². The maximum Gasteiger partial charge on any atom is 0.347 e. The van der Waals surface area contributed by atoms with Crippen LogP contribution in [0.2, 0.25) is 0 Å². The van der Waals surface area contributed by atoms with Crippen molar-refractivity contribution in [1.29, 1.82) is 0 Å². The van der Waals surface area contributed by atoms with Gasteiger partial charge in [-0.05, 0) is 38.1 Å². The van der Waals surface area contributed by atoms with Crippen LogP contribution in [0.15, 0.2) is 46.9 Å². The highest BCUT2D eigenvalue weighted by Gasteiger charge is 2.21. The number of hydrogen-bond acceptors (Lipinski definition) is 5. The van der Waals surface area contributed by atoms with Crippen molar-refractivity contribution in [2.24, 2.45) is 0 Å². The molecule has 0 radical (unpaired) electrons. The molecule has 0 aliphatic rings. The van der Waals surface area contributed by atoms with E-state index in [2.05, 4.69) is 15.9 Å². The fourth-order valence-corrected chi connectivity index (χ4v) is 2.23. The smallest absolute Gasteiger partial charge is 0.347 e. The summed E-state index contributed by atoms with van der Waals surface area (Å²) in [4.78, 5) is 22.8. The van der Waals surface area contributed by atoms with Crippen molar-refractivity contribution in [3.8, 4) is 11.5 Å². The van der Waals surface area contributed by atoms with E-state index in [1.54, 1.807) is 24.3 Å². The molecule has 0 amide bonds. The number of carbonyl (C=O) groups is 1. The van der Waals surface area contributed by atoms with E-state index in [0.29, 0.717) is 10.2 Å². The van der Waals surface area contributed by atoms with Gasteiger partial charge in [-0.1, -0.05) is 28.1 Å². The summed E-state index contributed by atoms with van der Waals surface area (Å²) in [6, 6.07) is 10.6. The number of hydrogen-bond donors (Lipinski definition) is 0. The molecule has 2 rings (SSSR count). The molecule has 7 heteroatoms. The lowest BCUT2D eigenvalue weighted by molar-refractivity contribution is -0.385. The number of nitrogens with zero attached hydrogens (tertiary/aromatic N) is 1. The van der Waals surface area contributed by atoms with Crippen LogP contribution in [-0.2, 0) is 0 Å². The van der Waals surface area contributed by atoms with Crippen LogP contribution in [0.5, 0.6) is 11.5 Å². The number of nitro benzene ring substituents is 1. The van der Waals surface area contributed by atoms with Crippen LogP contribution in [0.3, 0.4) is 0 Å². The molecule has 0 spiro atoms. The Kier molecular flexibility index (Phi) is 5.33. The minimum Gasteiger partial charge on any atom is -0.490 e. The summed E-state index contributed by atoms with van der Waals surface area (Å²) in [6.45, 7) is 3.67. The zero-order valence-electron chi connectivity index (χ0n) is 12.5. The predicted octanol–water partition coefficient (Wildman–Crippen LogP) is 4.36. The molecule has 0 fully saturated rings. The first kappa shape index (κ1) is 17.0. The number of carbonyl (C=O) groups excluding carboxylic acids is 1. The van der Waals surface area contributed by atoms with E-state index in [-0.39, 0.29) is 23.1 Å². The van der Waals surface area contributed by atoms with Crippen molar-refractivity contribution in [3.63, 3.8) is 0 Å². The molecule has 0 heterocycles. The Hall–Kier alpha value is -2.41. The summed E-state index contributed by atoms with van der Waals surface area (Å²) < 4.78 is 11.4. The highest BCUT2D eigenvalue weighted by Crippen LogP contribution is 2.29. The van der Waals surface area contributed by atoms with Gasteiger partial charge in [-0.3, -0.25) is 10.1 Å². The fourth-order valence-electron chi connectivity index (χ4n) is 1.87. The molecule has 0 aromatic heterocycles. The van der Waals surface area contributed by atoms with Gasteiger partial charge in [0, 0.05) is 10.5 Å². The molecule has 2 aromatic rings. The Morgan fingerprint density at radius 1 is 1.17 bits per heavy atom. The minimum absolute atomic E-state index is 0.113. The van der Waals surface area contributed by atoms with Gasteiger partial charge in [-0.25, -0.2) is 4.79 Å². The number of para-hydroxylation sites is 2. The van der Waals surface area contributed by atoms with Crippen LogP contribution < -0.4 is 9.47 Å². The van der Waals surface area contributed by atoms with Crippen LogP contribution in [0.1, 0.15) is 24.2 Å². The van der Waals surface area contributed by atoms with E-state index in [1.165, 1.54) is 18.2 Å². The third-order valence-corrected chi connectivity index (χ3v) is 3.28. The molecule has 0 bridgehead atoms. The lowest BCUT2D eigenvalue weighted by atomic mass is 10.2. The van der Waals surface area contributed by atoms with Gasteiger partial charge in [0.05, 0.1) is 11.0 Å². The number of ether oxygens (including phenoxy) is 2. The van der Waals surface area contributed by atoms with Gasteiger partial charge in [0.25, 0.3) is 0 Å². The third-order valence-electron chi connectivity index (χ3n) is 2.79. The Balaban J connectivity index is 2.35. The van der Waals surface area contributed by atoms with Crippen molar-refractivity contribution in [2.75, 3.05) is 0 Å². The molecule has 0 saturated carbocycles. The largest absolute Gasteiger partial charge is 0.490 e. The number of nitro groups is 1. The predicted molar refractivity (Wildman–Crippen MR) is 88.0 cm³/mol. The first-order chi connectivity index (χ1) is 10.9. The summed E-state index contributed by atoms with van der Waals surface area (Å²) in [5, 5.41) is 11.0. The fraction of sp³-hybridized carbons (Fsp3) is 0.188. The summed E-state index contributed by atoms with van der Waals surface area (Å²) in [7, 11) is 0. The van der Waals surface area contributed by atoms with Gasteiger partial charge in [0.2, 0.25) is 5.75 Å². The average Bonchev–Trinajstić information content (AvgIpc) is 2.49. The maximum absolute atomic E-state index is 12.4. The van der Waals surface area contributed by atoms with E-state index in [9.17, 15) is 14.9 Å². The Bertz CT molecular complexity index is 745. The van der Waals surface area contributed by atoms with Crippen LogP contribution in [-0.4, -0.2) is 17.0 Å². The lowest BCUT2D eigenvalue weighted by Crippen LogP contribution is -2.14. The van der Waals surface area contributed by atoms with Crippen molar-refractivity contribution >= 4 is 27.6 Å².